The van der Waals surface area contributed by atoms with Crippen LogP contribution in [-0.4, -0.2) is 35.3 Å². The van der Waals surface area contributed by atoms with E-state index in [1.165, 1.54) is 42.8 Å². The predicted octanol–water partition coefficient (Wildman–Crippen LogP) is 3.55. The monoisotopic (exact) mass is 411 g/mol. The molecule has 1 aliphatic heterocycles. The maximum absolute atomic E-state index is 12.9. The van der Waals surface area contributed by atoms with Gasteiger partial charge in [0.15, 0.2) is 12.4 Å². The third kappa shape index (κ3) is 3.75. The molecule has 0 saturated heterocycles. The van der Waals surface area contributed by atoms with E-state index in [2.05, 4.69) is 5.10 Å². The molecular weight excluding hydrogens is 394 g/mol. The second-order valence-electron chi connectivity index (χ2n) is 6.38. The van der Waals surface area contributed by atoms with Crippen LogP contribution in [0.1, 0.15) is 24.0 Å². The van der Waals surface area contributed by atoms with Gasteiger partial charge < -0.3 is 18.3 Å². The Morgan fingerprint density at radius 1 is 1.27 bits per heavy atom. The molecule has 0 bridgehead atoms. The summed E-state index contributed by atoms with van der Waals surface area (Å²) in [5.41, 5.74) is 0.288. The Bertz CT molecular complexity index is 1070. The van der Waals surface area contributed by atoms with Crippen molar-refractivity contribution in [3.05, 3.63) is 76.6 Å². The standard InChI is InChI=1S/C20H17N3O7/c1-27-13-6-7-19(16(10-13)23(25)26)30-12-20(24)22-15(18-5-3-9-29-18)11-14(21-22)17-4-2-8-28-17/h2-10,15H,11-12H2,1H3. The molecule has 2 aromatic heterocycles. The molecule has 0 spiro atoms. The number of methoxy groups -OCH3 is 1. The summed E-state index contributed by atoms with van der Waals surface area (Å²) in [6.07, 6.45) is 3.44. The van der Waals surface area contributed by atoms with Crippen LogP contribution < -0.4 is 9.47 Å². The number of nitro groups is 1. The molecule has 0 aliphatic carbocycles. The molecule has 1 unspecified atom stereocenters. The van der Waals surface area contributed by atoms with Gasteiger partial charge in [-0.3, -0.25) is 14.9 Å². The van der Waals surface area contributed by atoms with E-state index in [0.717, 1.165) is 0 Å². The van der Waals surface area contributed by atoms with E-state index in [1.54, 1.807) is 24.3 Å². The quantitative estimate of drug-likeness (QED) is 0.430. The van der Waals surface area contributed by atoms with Crippen LogP contribution in [0.15, 0.2) is 68.9 Å². The van der Waals surface area contributed by atoms with Crippen LogP contribution in [0.2, 0.25) is 0 Å². The van der Waals surface area contributed by atoms with E-state index in [0.29, 0.717) is 29.4 Å². The first-order valence-corrected chi connectivity index (χ1v) is 8.99. The van der Waals surface area contributed by atoms with Gasteiger partial charge in [-0.25, -0.2) is 5.01 Å². The minimum Gasteiger partial charge on any atom is -0.496 e. The number of carbonyl (C=O) groups excluding carboxylic acids is 1. The Morgan fingerprint density at radius 2 is 2.07 bits per heavy atom. The number of hydrazone groups is 1. The van der Waals surface area contributed by atoms with E-state index >= 15 is 0 Å². The molecule has 0 N–H and O–H groups in total. The second-order valence-corrected chi connectivity index (χ2v) is 6.38. The molecule has 0 radical (unpaired) electrons. The van der Waals surface area contributed by atoms with Gasteiger partial charge in [0.25, 0.3) is 5.91 Å². The summed E-state index contributed by atoms with van der Waals surface area (Å²) in [4.78, 5) is 23.6. The fourth-order valence-corrected chi connectivity index (χ4v) is 3.13. The van der Waals surface area contributed by atoms with Crippen LogP contribution in [0.5, 0.6) is 11.5 Å². The van der Waals surface area contributed by atoms with Gasteiger partial charge in [0.2, 0.25) is 0 Å². The zero-order valence-electron chi connectivity index (χ0n) is 15.9. The average Bonchev–Trinajstić information content (AvgIpc) is 3.52. The zero-order chi connectivity index (χ0) is 21.1. The smallest absolute Gasteiger partial charge is 0.314 e. The number of hydrogen-bond donors (Lipinski definition) is 0. The summed E-state index contributed by atoms with van der Waals surface area (Å²) in [5.74, 6) is 0.893. The van der Waals surface area contributed by atoms with Crippen LogP contribution >= 0.6 is 0 Å². The van der Waals surface area contributed by atoms with Crippen LogP contribution in [0.25, 0.3) is 0 Å². The van der Waals surface area contributed by atoms with E-state index in [4.69, 9.17) is 18.3 Å². The van der Waals surface area contributed by atoms with Crippen molar-refractivity contribution in [1.82, 2.24) is 5.01 Å². The summed E-state index contributed by atoms with van der Waals surface area (Å²) in [6, 6.07) is 10.6. The largest absolute Gasteiger partial charge is 0.496 e. The predicted molar refractivity (Wildman–Crippen MR) is 103 cm³/mol. The molecule has 3 aromatic rings. The number of nitrogens with zero attached hydrogens (tertiary/aromatic N) is 3. The molecular formula is C20H17N3O7. The van der Waals surface area contributed by atoms with Gasteiger partial charge in [0, 0.05) is 6.42 Å². The highest BCUT2D eigenvalue weighted by atomic mass is 16.6. The highest BCUT2D eigenvalue weighted by Gasteiger charge is 2.36. The van der Waals surface area contributed by atoms with Gasteiger partial charge in [-0.1, -0.05) is 0 Å². The van der Waals surface area contributed by atoms with Gasteiger partial charge in [0.05, 0.1) is 30.6 Å². The van der Waals surface area contributed by atoms with Gasteiger partial charge >= 0.3 is 5.69 Å². The van der Waals surface area contributed by atoms with E-state index in [9.17, 15) is 14.9 Å². The molecule has 1 atom stereocenters. The number of nitro benzene ring substituents is 1. The fourth-order valence-electron chi connectivity index (χ4n) is 3.13. The van der Waals surface area contributed by atoms with Crippen molar-refractivity contribution in [1.29, 1.82) is 0 Å². The number of hydrogen-bond acceptors (Lipinski definition) is 8. The van der Waals surface area contributed by atoms with Crippen LogP contribution in [0, 0.1) is 10.1 Å². The number of rotatable bonds is 7. The first kappa shape index (κ1) is 19.2. The molecule has 1 aromatic carbocycles. The summed E-state index contributed by atoms with van der Waals surface area (Å²) in [7, 11) is 1.40. The van der Waals surface area contributed by atoms with Gasteiger partial charge in [-0.15, -0.1) is 0 Å². The van der Waals surface area contributed by atoms with Gasteiger partial charge in [0.1, 0.15) is 29.0 Å². The number of carbonyl (C=O) groups is 1. The molecule has 10 heteroatoms. The lowest BCUT2D eigenvalue weighted by atomic mass is 10.1. The SMILES string of the molecule is COc1ccc(OCC(=O)N2N=C(c3ccco3)CC2c2ccco2)c([N+](=O)[O-])c1. The molecule has 0 saturated carbocycles. The van der Waals surface area contributed by atoms with Crippen molar-refractivity contribution in [2.45, 2.75) is 12.5 Å². The molecule has 154 valence electrons. The molecule has 10 nitrogen and oxygen atoms in total. The summed E-state index contributed by atoms with van der Waals surface area (Å²) in [5, 5.41) is 16.9. The highest BCUT2D eigenvalue weighted by Crippen LogP contribution is 2.34. The molecule has 1 aliphatic rings. The Kier molecular flexibility index (Phi) is 5.21. The first-order chi connectivity index (χ1) is 14.6. The maximum Gasteiger partial charge on any atom is 0.314 e. The van der Waals surface area contributed by atoms with Crippen molar-refractivity contribution in [2.24, 2.45) is 5.10 Å². The normalized spacial score (nSPS) is 15.7. The Morgan fingerprint density at radius 3 is 2.73 bits per heavy atom. The molecule has 0 fully saturated rings. The van der Waals surface area contributed by atoms with Crippen LogP contribution in [0.3, 0.4) is 0 Å². The maximum atomic E-state index is 12.9. The number of furan rings is 2. The van der Waals surface area contributed by atoms with Gasteiger partial charge in [-0.2, -0.15) is 5.10 Å². The second kappa shape index (κ2) is 8.11. The zero-order valence-corrected chi connectivity index (χ0v) is 15.9. The van der Waals surface area contributed by atoms with Crippen LogP contribution in [-0.2, 0) is 4.79 Å². The van der Waals surface area contributed by atoms with E-state index < -0.39 is 23.5 Å². The Balaban J connectivity index is 1.54. The number of amides is 1. The van der Waals surface area contributed by atoms with Crippen molar-refractivity contribution < 1.29 is 28.0 Å². The van der Waals surface area contributed by atoms with Gasteiger partial charge in [-0.05, 0) is 36.4 Å². The lowest BCUT2D eigenvalue weighted by molar-refractivity contribution is -0.385. The Hall–Kier alpha value is -4.08. The number of ether oxygens (including phenoxy) is 2. The molecule has 30 heavy (non-hydrogen) atoms. The van der Waals surface area contributed by atoms with Crippen molar-refractivity contribution in [2.75, 3.05) is 13.7 Å². The van der Waals surface area contributed by atoms with E-state index in [1.807, 2.05) is 0 Å². The minimum absolute atomic E-state index is 0.0434. The van der Waals surface area contributed by atoms with Crippen molar-refractivity contribution in [3.63, 3.8) is 0 Å². The third-order valence-corrected chi connectivity index (χ3v) is 4.56. The van der Waals surface area contributed by atoms with Crippen molar-refractivity contribution in [3.8, 4) is 11.5 Å². The summed E-state index contributed by atoms with van der Waals surface area (Å²) >= 11 is 0. The summed E-state index contributed by atoms with van der Waals surface area (Å²) in [6.45, 7) is -0.445. The van der Waals surface area contributed by atoms with E-state index in [-0.39, 0.29) is 11.4 Å². The van der Waals surface area contributed by atoms with Crippen LogP contribution in [0.4, 0.5) is 5.69 Å². The molecule has 4 rings (SSSR count). The topological polar surface area (TPSA) is 121 Å². The fraction of sp³-hybridized carbons (Fsp3) is 0.200. The third-order valence-electron chi connectivity index (χ3n) is 4.56. The summed E-state index contributed by atoms with van der Waals surface area (Å²) < 4.78 is 21.3. The molecule has 1 amide bonds. The average molecular weight is 411 g/mol. The number of benzene rings is 1. The lowest BCUT2D eigenvalue weighted by Crippen LogP contribution is -2.31. The van der Waals surface area contributed by atoms with Crippen molar-refractivity contribution >= 4 is 17.3 Å². The minimum atomic E-state index is -0.600. The Labute approximate surface area is 170 Å². The highest BCUT2D eigenvalue weighted by molar-refractivity contribution is 6.01. The first-order valence-electron chi connectivity index (χ1n) is 8.99. The molecule has 3 heterocycles. The lowest BCUT2D eigenvalue weighted by Gasteiger charge is -2.20.